The Morgan fingerprint density at radius 3 is 2.30 bits per heavy atom. The number of ether oxygens (including phenoxy) is 3. The molecule has 3 atom stereocenters. The van der Waals surface area contributed by atoms with Crippen molar-refractivity contribution in [1.82, 2.24) is 4.90 Å². The summed E-state index contributed by atoms with van der Waals surface area (Å²) in [6.45, 7) is 9.39. The van der Waals surface area contributed by atoms with Crippen LogP contribution in [0.2, 0.25) is 0 Å². The maximum Gasteiger partial charge on any atom is 0.417 e. The molecule has 0 aromatic heterocycles. The fourth-order valence-corrected chi connectivity index (χ4v) is 3.62. The van der Waals surface area contributed by atoms with E-state index in [1.165, 1.54) is 11.0 Å². The third kappa shape index (κ3) is 5.53. The number of carbonyl (C=O) groups excluding carboxylic acids is 2. The first kappa shape index (κ1) is 23.7. The van der Waals surface area contributed by atoms with Crippen LogP contribution in [-0.4, -0.2) is 54.4 Å². The zero-order chi connectivity index (χ0) is 22.5. The minimum absolute atomic E-state index is 0.397. The van der Waals surface area contributed by atoms with Gasteiger partial charge in [-0.2, -0.15) is 0 Å². The molecule has 166 valence electrons. The number of methoxy groups -OCH3 is 2. The second kappa shape index (κ2) is 9.51. The topological polar surface area (TPSA) is 77.1 Å². The molecule has 1 aromatic rings. The first-order chi connectivity index (χ1) is 14.0. The second-order valence-electron chi connectivity index (χ2n) is 8.66. The van der Waals surface area contributed by atoms with Crippen LogP contribution < -0.4 is 10.1 Å². The van der Waals surface area contributed by atoms with Crippen molar-refractivity contribution in [1.29, 1.82) is 0 Å². The summed E-state index contributed by atoms with van der Waals surface area (Å²) in [5.74, 6) is 0.345. The van der Waals surface area contributed by atoms with Gasteiger partial charge in [-0.25, -0.2) is 9.69 Å². The lowest BCUT2D eigenvalue weighted by molar-refractivity contribution is -0.126. The molecule has 7 heteroatoms. The molecule has 0 radical (unpaired) electrons. The highest BCUT2D eigenvalue weighted by molar-refractivity contribution is 6.01. The van der Waals surface area contributed by atoms with Gasteiger partial charge in [0.15, 0.2) is 0 Å². The molecule has 7 nitrogen and oxygen atoms in total. The minimum atomic E-state index is -0.711. The number of imide groups is 1. The molecule has 0 spiro atoms. The van der Waals surface area contributed by atoms with Gasteiger partial charge >= 0.3 is 6.09 Å². The Morgan fingerprint density at radius 2 is 1.80 bits per heavy atom. The molecule has 1 aliphatic rings. The highest BCUT2D eigenvalue weighted by Gasteiger charge is 2.46. The van der Waals surface area contributed by atoms with Gasteiger partial charge in [0.1, 0.15) is 11.4 Å². The lowest BCUT2D eigenvalue weighted by Crippen LogP contribution is -2.59. The quantitative estimate of drug-likeness (QED) is 0.675. The van der Waals surface area contributed by atoms with Crippen molar-refractivity contribution in [2.45, 2.75) is 70.7 Å². The smallest absolute Gasteiger partial charge is 0.417 e. The number of rotatable bonds is 8. The molecule has 1 aliphatic heterocycles. The van der Waals surface area contributed by atoms with E-state index < -0.39 is 35.3 Å². The normalized spacial score (nSPS) is 19.4. The minimum Gasteiger partial charge on any atom is -0.497 e. The molecular weight excluding hydrogens is 384 g/mol. The van der Waals surface area contributed by atoms with Gasteiger partial charge in [0.05, 0.1) is 24.8 Å². The monoisotopic (exact) mass is 418 g/mol. The molecule has 0 fully saturated rings. The van der Waals surface area contributed by atoms with Gasteiger partial charge in [-0.05, 0) is 58.4 Å². The van der Waals surface area contributed by atoms with Crippen LogP contribution in [0.5, 0.6) is 5.75 Å². The van der Waals surface area contributed by atoms with Crippen LogP contribution in [0.4, 0.5) is 10.5 Å². The van der Waals surface area contributed by atoms with Gasteiger partial charge in [0.2, 0.25) is 0 Å². The number of amides is 2. The third-order valence-electron chi connectivity index (χ3n) is 5.19. The zero-order valence-corrected chi connectivity index (χ0v) is 19.0. The lowest BCUT2D eigenvalue weighted by atomic mass is 9.85. The molecule has 2 rings (SSSR count). The van der Waals surface area contributed by atoms with Gasteiger partial charge in [-0.15, -0.1) is 0 Å². The molecule has 0 saturated carbocycles. The predicted octanol–water partition coefficient (Wildman–Crippen LogP) is 4.38. The van der Waals surface area contributed by atoms with E-state index in [1.807, 2.05) is 31.2 Å². The van der Waals surface area contributed by atoms with Crippen molar-refractivity contribution in [3.63, 3.8) is 0 Å². The van der Waals surface area contributed by atoms with Crippen LogP contribution in [0.25, 0.3) is 0 Å². The number of hydrogen-bond acceptors (Lipinski definition) is 6. The summed E-state index contributed by atoms with van der Waals surface area (Å²) in [5.41, 5.74) is -0.525. The van der Waals surface area contributed by atoms with Crippen LogP contribution >= 0.6 is 0 Å². The number of carbonyl (C=O) groups is 2. The Balaban J connectivity index is 2.41. The average molecular weight is 419 g/mol. The summed E-state index contributed by atoms with van der Waals surface area (Å²) >= 11 is 0. The van der Waals surface area contributed by atoms with E-state index in [-0.39, 0.29) is 0 Å². The molecular formula is C23H34N2O5. The van der Waals surface area contributed by atoms with E-state index in [4.69, 9.17) is 14.2 Å². The van der Waals surface area contributed by atoms with Gasteiger partial charge in [-0.1, -0.05) is 19.4 Å². The van der Waals surface area contributed by atoms with E-state index >= 15 is 0 Å². The van der Waals surface area contributed by atoms with Gasteiger partial charge in [-0.3, -0.25) is 4.79 Å². The van der Waals surface area contributed by atoms with Crippen LogP contribution in [0.1, 0.15) is 47.5 Å². The fourth-order valence-electron chi connectivity index (χ4n) is 3.62. The first-order valence-electron chi connectivity index (χ1n) is 10.2. The van der Waals surface area contributed by atoms with Crippen molar-refractivity contribution < 1.29 is 23.8 Å². The van der Waals surface area contributed by atoms with Crippen molar-refractivity contribution in [3.8, 4) is 5.75 Å². The van der Waals surface area contributed by atoms with Gasteiger partial charge in [0.25, 0.3) is 5.91 Å². The number of benzene rings is 1. The van der Waals surface area contributed by atoms with E-state index in [0.717, 1.165) is 24.3 Å². The molecule has 1 unspecified atom stereocenters. The molecule has 0 aliphatic carbocycles. The molecule has 0 bridgehead atoms. The summed E-state index contributed by atoms with van der Waals surface area (Å²) in [6, 6.07) is 6.53. The van der Waals surface area contributed by atoms with Crippen LogP contribution in [0.3, 0.4) is 0 Å². The Morgan fingerprint density at radius 1 is 1.17 bits per heavy atom. The number of nitrogens with zero attached hydrogens (tertiary/aromatic N) is 1. The molecule has 1 heterocycles. The lowest BCUT2D eigenvalue weighted by Gasteiger charge is -2.42. The predicted molar refractivity (Wildman–Crippen MR) is 117 cm³/mol. The van der Waals surface area contributed by atoms with Gasteiger partial charge in [0, 0.05) is 18.9 Å². The van der Waals surface area contributed by atoms with E-state index in [1.54, 1.807) is 41.1 Å². The standard InChI is InChI=1S/C23H34N2O5/c1-8-15-23(5,29-7)20(24-16-9-11-17(28-6)12-10-16)18-13-14-19(26)25(18)21(27)30-22(2,3)4/h9-14,18,20,24H,8,15H2,1-7H3/t18-,20?,23+/m1/s1. The Bertz CT molecular complexity index is 769. The Hall–Kier alpha value is -2.54. The molecule has 1 N–H and O–H groups in total. The maximum atomic E-state index is 12.9. The summed E-state index contributed by atoms with van der Waals surface area (Å²) < 4.78 is 16.7. The summed E-state index contributed by atoms with van der Waals surface area (Å²) in [4.78, 5) is 26.6. The Labute approximate surface area is 179 Å². The number of anilines is 1. The molecule has 30 heavy (non-hydrogen) atoms. The summed E-state index contributed by atoms with van der Waals surface area (Å²) in [5, 5.41) is 3.48. The molecule has 2 amide bonds. The van der Waals surface area contributed by atoms with Crippen LogP contribution in [-0.2, 0) is 14.3 Å². The third-order valence-corrected chi connectivity index (χ3v) is 5.19. The number of nitrogens with one attached hydrogen (secondary N) is 1. The summed E-state index contributed by atoms with van der Waals surface area (Å²) in [7, 11) is 3.26. The fraction of sp³-hybridized carbons (Fsp3) is 0.565. The largest absolute Gasteiger partial charge is 0.497 e. The Kier molecular flexibility index (Phi) is 7.53. The van der Waals surface area contributed by atoms with Crippen LogP contribution in [0.15, 0.2) is 36.4 Å². The van der Waals surface area contributed by atoms with E-state index in [9.17, 15) is 9.59 Å². The SMILES string of the molecule is CCC[C@](C)(OC)C(Nc1ccc(OC)cc1)[C@H]1C=CC(=O)N1C(=O)OC(C)(C)C. The number of hydrogen-bond donors (Lipinski definition) is 1. The van der Waals surface area contributed by atoms with Gasteiger partial charge < -0.3 is 19.5 Å². The highest BCUT2D eigenvalue weighted by Crippen LogP contribution is 2.32. The second-order valence-corrected chi connectivity index (χ2v) is 8.66. The average Bonchev–Trinajstić information content (AvgIpc) is 3.06. The molecule has 1 aromatic carbocycles. The first-order valence-corrected chi connectivity index (χ1v) is 10.2. The van der Waals surface area contributed by atoms with E-state index in [2.05, 4.69) is 12.2 Å². The van der Waals surface area contributed by atoms with Crippen molar-refractivity contribution in [3.05, 3.63) is 36.4 Å². The molecule has 0 saturated heterocycles. The van der Waals surface area contributed by atoms with Crippen molar-refractivity contribution in [2.24, 2.45) is 0 Å². The zero-order valence-electron chi connectivity index (χ0n) is 19.0. The van der Waals surface area contributed by atoms with Crippen LogP contribution in [0, 0.1) is 0 Å². The summed E-state index contributed by atoms with van der Waals surface area (Å²) in [6.07, 6.45) is 4.10. The van der Waals surface area contributed by atoms with Crippen molar-refractivity contribution >= 4 is 17.7 Å². The van der Waals surface area contributed by atoms with Crippen molar-refractivity contribution in [2.75, 3.05) is 19.5 Å². The van der Waals surface area contributed by atoms with E-state index in [0.29, 0.717) is 0 Å². The highest BCUT2D eigenvalue weighted by atomic mass is 16.6. The maximum absolute atomic E-state index is 12.9.